The molecule has 1 fully saturated rings. The number of aromatic nitrogens is 1. The van der Waals surface area contributed by atoms with Crippen molar-refractivity contribution in [3.05, 3.63) is 16.1 Å². The van der Waals surface area contributed by atoms with Gasteiger partial charge in [-0.3, -0.25) is 0 Å². The summed E-state index contributed by atoms with van der Waals surface area (Å²) in [5.41, 5.74) is 0. The van der Waals surface area contributed by atoms with Gasteiger partial charge in [0.15, 0.2) is 0 Å². The Morgan fingerprint density at radius 3 is 3.09 bits per heavy atom. The van der Waals surface area contributed by atoms with Crippen LogP contribution in [0.1, 0.15) is 22.7 Å². The van der Waals surface area contributed by atoms with Crippen LogP contribution >= 0.6 is 11.3 Å². The first-order chi connectivity index (χ1) is 5.34. The Hall–Kier alpha value is -0.410. The minimum atomic E-state index is 0.553. The molecular formula is C8H11NOS. The number of hydrogen-bond donors (Lipinski definition) is 0. The van der Waals surface area contributed by atoms with E-state index in [4.69, 9.17) is 4.74 Å². The Kier molecular flexibility index (Phi) is 1.92. The molecule has 0 saturated heterocycles. The summed E-state index contributed by atoms with van der Waals surface area (Å²) in [6.45, 7) is 2.78. The van der Waals surface area contributed by atoms with Crippen molar-refractivity contribution in [2.45, 2.75) is 32.5 Å². The fourth-order valence-electron chi connectivity index (χ4n) is 0.907. The van der Waals surface area contributed by atoms with Crippen molar-refractivity contribution in [3.63, 3.8) is 0 Å². The van der Waals surface area contributed by atoms with Crippen molar-refractivity contribution < 1.29 is 4.74 Å². The van der Waals surface area contributed by atoms with Crippen molar-refractivity contribution in [1.82, 2.24) is 4.98 Å². The third-order valence-electron chi connectivity index (χ3n) is 1.65. The SMILES string of the molecule is Cc1ncc(COC2CC2)s1. The first kappa shape index (κ1) is 7.25. The van der Waals surface area contributed by atoms with Gasteiger partial charge in [-0.2, -0.15) is 0 Å². The molecule has 3 heteroatoms. The summed E-state index contributed by atoms with van der Waals surface area (Å²) in [4.78, 5) is 5.40. The van der Waals surface area contributed by atoms with E-state index in [2.05, 4.69) is 4.98 Å². The van der Waals surface area contributed by atoms with E-state index in [-0.39, 0.29) is 0 Å². The second-order valence-corrected chi connectivity index (χ2v) is 4.18. The molecule has 0 aliphatic heterocycles. The maximum atomic E-state index is 5.52. The van der Waals surface area contributed by atoms with Crippen molar-refractivity contribution in [2.24, 2.45) is 0 Å². The maximum Gasteiger partial charge on any atom is 0.0897 e. The zero-order valence-corrected chi connectivity index (χ0v) is 7.36. The second-order valence-electron chi connectivity index (χ2n) is 2.86. The molecule has 0 atom stereocenters. The van der Waals surface area contributed by atoms with Gasteiger partial charge < -0.3 is 4.74 Å². The van der Waals surface area contributed by atoms with E-state index in [0.717, 1.165) is 11.6 Å². The molecule has 0 N–H and O–H groups in total. The molecule has 0 unspecified atom stereocenters. The highest BCUT2D eigenvalue weighted by Crippen LogP contribution is 2.25. The summed E-state index contributed by atoms with van der Waals surface area (Å²) in [5.74, 6) is 0. The first-order valence-electron chi connectivity index (χ1n) is 3.87. The van der Waals surface area contributed by atoms with Crippen LogP contribution in [0.5, 0.6) is 0 Å². The van der Waals surface area contributed by atoms with Crippen LogP contribution in [0, 0.1) is 6.92 Å². The molecular weight excluding hydrogens is 158 g/mol. The largest absolute Gasteiger partial charge is 0.373 e. The summed E-state index contributed by atoms with van der Waals surface area (Å²) in [6, 6.07) is 0. The minimum absolute atomic E-state index is 0.553. The van der Waals surface area contributed by atoms with Crippen LogP contribution in [0.4, 0.5) is 0 Å². The average Bonchev–Trinajstić information content (AvgIpc) is 2.72. The number of thiazole rings is 1. The predicted molar refractivity (Wildman–Crippen MR) is 44.7 cm³/mol. The Balaban J connectivity index is 1.85. The molecule has 0 spiro atoms. The van der Waals surface area contributed by atoms with E-state index >= 15 is 0 Å². The third kappa shape index (κ3) is 2.01. The van der Waals surface area contributed by atoms with Crippen LogP contribution in [-0.4, -0.2) is 11.1 Å². The zero-order chi connectivity index (χ0) is 7.68. The number of aryl methyl sites for hydroxylation is 1. The highest BCUT2D eigenvalue weighted by atomic mass is 32.1. The highest BCUT2D eigenvalue weighted by molar-refractivity contribution is 7.11. The number of ether oxygens (including phenoxy) is 1. The summed E-state index contributed by atoms with van der Waals surface area (Å²) < 4.78 is 5.52. The third-order valence-corrected chi connectivity index (χ3v) is 2.54. The van der Waals surface area contributed by atoms with Crippen LogP contribution in [-0.2, 0) is 11.3 Å². The molecule has 1 aliphatic rings. The minimum Gasteiger partial charge on any atom is -0.373 e. The molecule has 60 valence electrons. The molecule has 1 saturated carbocycles. The summed E-state index contributed by atoms with van der Waals surface area (Å²) in [5, 5.41) is 1.12. The average molecular weight is 169 g/mol. The number of nitrogens with zero attached hydrogens (tertiary/aromatic N) is 1. The molecule has 1 aromatic rings. The van der Waals surface area contributed by atoms with Gasteiger partial charge >= 0.3 is 0 Å². The normalized spacial score (nSPS) is 17.2. The first-order valence-corrected chi connectivity index (χ1v) is 4.69. The van der Waals surface area contributed by atoms with Gasteiger partial charge in [0.2, 0.25) is 0 Å². The molecule has 1 aromatic heterocycles. The maximum absolute atomic E-state index is 5.52. The topological polar surface area (TPSA) is 22.1 Å². The lowest BCUT2D eigenvalue weighted by atomic mass is 10.6. The Morgan fingerprint density at radius 2 is 2.55 bits per heavy atom. The fraction of sp³-hybridized carbons (Fsp3) is 0.625. The Labute approximate surface area is 70.2 Å². The molecule has 0 bridgehead atoms. The van der Waals surface area contributed by atoms with Crippen LogP contribution in [0.3, 0.4) is 0 Å². The molecule has 2 rings (SSSR count). The number of hydrogen-bond acceptors (Lipinski definition) is 3. The quantitative estimate of drug-likeness (QED) is 0.691. The van der Waals surface area contributed by atoms with E-state index in [1.165, 1.54) is 17.7 Å². The predicted octanol–water partition coefficient (Wildman–Crippen LogP) is 2.13. The van der Waals surface area contributed by atoms with Gasteiger partial charge in [-0.15, -0.1) is 11.3 Å². The molecule has 1 heterocycles. The van der Waals surface area contributed by atoms with E-state index in [1.54, 1.807) is 11.3 Å². The van der Waals surface area contributed by atoms with E-state index < -0.39 is 0 Å². The van der Waals surface area contributed by atoms with Gasteiger partial charge in [0.1, 0.15) is 0 Å². The molecule has 11 heavy (non-hydrogen) atoms. The van der Waals surface area contributed by atoms with Crippen molar-refractivity contribution in [3.8, 4) is 0 Å². The molecule has 0 aromatic carbocycles. The van der Waals surface area contributed by atoms with Crippen molar-refractivity contribution in [2.75, 3.05) is 0 Å². The lowest BCUT2D eigenvalue weighted by Gasteiger charge is -1.96. The molecule has 0 radical (unpaired) electrons. The molecule has 2 nitrogen and oxygen atoms in total. The lowest BCUT2D eigenvalue weighted by molar-refractivity contribution is 0.108. The van der Waals surface area contributed by atoms with Gasteiger partial charge in [0.25, 0.3) is 0 Å². The number of rotatable bonds is 3. The fourth-order valence-corrected chi connectivity index (χ4v) is 1.62. The molecule has 0 amide bonds. The van der Waals surface area contributed by atoms with E-state index in [9.17, 15) is 0 Å². The van der Waals surface area contributed by atoms with Crippen LogP contribution in [0.25, 0.3) is 0 Å². The van der Waals surface area contributed by atoms with Crippen LogP contribution in [0.2, 0.25) is 0 Å². The summed E-state index contributed by atoms with van der Waals surface area (Å²) >= 11 is 1.72. The smallest absolute Gasteiger partial charge is 0.0897 e. The van der Waals surface area contributed by atoms with Crippen molar-refractivity contribution in [1.29, 1.82) is 0 Å². The van der Waals surface area contributed by atoms with Crippen molar-refractivity contribution >= 4 is 11.3 Å². The summed E-state index contributed by atoms with van der Waals surface area (Å²) in [6.07, 6.45) is 4.95. The van der Waals surface area contributed by atoms with E-state index in [0.29, 0.717) is 6.10 Å². The van der Waals surface area contributed by atoms with E-state index in [1.807, 2.05) is 13.1 Å². The standard InChI is InChI=1S/C8H11NOS/c1-6-9-4-8(11-6)5-10-7-2-3-7/h4,7H,2-3,5H2,1H3. The lowest BCUT2D eigenvalue weighted by Crippen LogP contribution is -1.91. The van der Waals surface area contributed by atoms with Crippen LogP contribution < -0.4 is 0 Å². The highest BCUT2D eigenvalue weighted by Gasteiger charge is 2.21. The zero-order valence-electron chi connectivity index (χ0n) is 6.54. The monoisotopic (exact) mass is 169 g/mol. The van der Waals surface area contributed by atoms with Gasteiger partial charge in [-0.05, 0) is 19.8 Å². The van der Waals surface area contributed by atoms with Crippen LogP contribution in [0.15, 0.2) is 6.20 Å². The molecule has 1 aliphatic carbocycles. The Bertz CT molecular complexity index is 242. The van der Waals surface area contributed by atoms with Gasteiger partial charge in [-0.1, -0.05) is 0 Å². The Morgan fingerprint density at radius 1 is 1.73 bits per heavy atom. The van der Waals surface area contributed by atoms with Gasteiger partial charge in [0.05, 0.1) is 22.6 Å². The second kappa shape index (κ2) is 2.91. The summed E-state index contributed by atoms with van der Waals surface area (Å²) in [7, 11) is 0. The van der Waals surface area contributed by atoms with Gasteiger partial charge in [0, 0.05) is 6.20 Å². The van der Waals surface area contributed by atoms with Gasteiger partial charge in [-0.25, -0.2) is 4.98 Å².